The van der Waals surface area contributed by atoms with Crippen molar-refractivity contribution in [1.29, 1.82) is 0 Å². The van der Waals surface area contributed by atoms with Gasteiger partial charge in [0, 0.05) is 43.5 Å². The molecule has 0 aliphatic carbocycles. The van der Waals surface area contributed by atoms with Crippen LogP contribution in [0.25, 0.3) is 11.5 Å². The minimum Gasteiger partial charge on any atom is -0.441 e. The number of carbonyl (C=O) groups is 1. The molecule has 0 saturated carbocycles. The summed E-state index contributed by atoms with van der Waals surface area (Å²) < 4.78 is 74.7. The third-order valence-electron chi connectivity index (χ3n) is 5.10. The van der Waals surface area contributed by atoms with Gasteiger partial charge in [-0.05, 0) is 43.3 Å². The van der Waals surface area contributed by atoms with Crippen LogP contribution < -0.4 is 4.90 Å². The average Bonchev–Trinajstić information content (AvgIpc) is 3.44. The molecule has 0 amide bonds. The maximum atomic E-state index is 12.9. The highest BCUT2D eigenvalue weighted by atomic mass is 32.2. The number of halogens is 3. The van der Waals surface area contributed by atoms with Crippen LogP contribution in [0.2, 0.25) is 0 Å². The number of alkyl halides is 3. The second-order valence-corrected chi connectivity index (χ2v) is 9.06. The smallest absolute Gasteiger partial charge is 0.441 e. The average molecular weight is 469 g/mol. The molecule has 3 heterocycles. The van der Waals surface area contributed by atoms with Gasteiger partial charge in [-0.2, -0.15) is 17.5 Å². The Balaban J connectivity index is 1.45. The summed E-state index contributed by atoms with van der Waals surface area (Å²) in [5.41, 5.74) is 1.22. The quantitative estimate of drug-likeness (QED) is 0.526. The molecule has 0 atom stereocenters. The molecular formula is C20H18F3N3O5S. The molecule has 1 aliphatic heterocycles. The SMILES string of the molecule is CC(=O)c1ccc(N2CCN(S(=O)(=O)c3ccc(-c4cc(C(F)(F)F)on4)o3)CC2)cc1. The van der Waals surface area contributed by atoms with Crippen molar-refractivity contribution in [2.75, 3.05) is 31.1 Å². The van der Waals surface area contributed by atoms with Gasteiger partial charge in [0.15, 0.2) is 11.5 Å². The van der Waals surface area contributed by atoms with Crippen LogP contribution in [0.4, 0.5) is 18.9 Å². The molecule has 0 unspecified atom stereocenters. The summed E-state index contributed by atoms with van der Waals surface area (Å²) in [6.07, 6.45) is -4.71. The minimum absolute atomic E-state index is 0.0365. The number of hydrogen-bond acceptors (Lipinski definition) is 7. The number of benzene rings is 1. The molecule has 0 spiro atoms. The van der Waals surface area contributed by atoms with Crippen LogP contribution in [-0.4, -0.2) is 49.8 Å². The Kier molecular flexibility index (Phi) is 5.59. The highest BCUT2D eigenvalue weighted by Crippen LogP contribution is 2.33. The first-order valence-electron chi connectivity index (χ1n) is 9.56. The number of Topliss-reactive ketones (excluding diaryl/α,β-unsaturated/α-hetero) is 1. The van der Waals surface area contributed by atoms with E-state index in [-0.39, 0.29) is 35.4 Å². The number of carbonyl (C=O) groups excluding carboxylic acids is 1. The minimum atomic E-state index is -4.71. The summed E-state index contributed by atoms with van der Waals surface area (Å²) in [5.74, 6) is -1.49. The molecule has 1 aromatic carbocycles. The Bertz CT molecular complexity index is 1220. The van der Waals surface area contributed by atoms with Crippen LogP contribution >= 0.6 is 0 Å². The molecule has 0 radical (unpaired) electrons. The molecule has 3 aromatic rings. The number of nitrogens with zero attached hydrogens (tertiary/aromatic N) is 3. The van der Waals surface area contributed by atoms with E-state index in [0.717, 1.165) is 5.69 Å². The van der Waals surface area contributed by atoms with E-state index in [0.29, 0.717) is 24.7 Å². The second-order valence-electron chi connectivity index (χ2n) is 7.19. The van der Waals surface area contributed by atoms with Gasteiger partial charge in [0.25, 0.3) is 10.0 Å². The highest BCUT2D eigenvalue weighted by molar-refractivity contribution is 7.89. The van der Waals surface area contributed by atoms with Crippen LogP contribution in [0.3, 0.4) is 0 Å². The van der Waals surface area contributed by atoms with E-state index < -0.39 is 22.0 Å². The summed E-state index contributed by atoms with van der Waals surface area (Å²) in [6.45, 7) is 2.70. The van der Waals surface area contributed by atoms with E-state index in [2.05, 4.69) is 9.68 Å². The summed E-state index contributed by atoms with van der Waals surface area (Å²) in [4.78, 5) is 13.4. The molecule has 1 fully saturated rings. The lowest BCUT2D eigenvalue weighted by molar-refractivity contribution is -0.155. The van der Waals surface area contributed by atoms with Crippen molar-refractivity contribution in [3.63, 3.8) is 0 Å². The number of sulfonamides is 1. The first-order valence-corrected chi connectivity index (χ1v) is 11.0. The van der Waals surface area contributed by atoms with Crippen molar-refractivity contribution in [2.45, 2.75) is 18.2 Å². The van der Waals surface area contributed by atoms with E-state index in [1.54, 1.807) is 12.1 Å². The molecule has 2 aromatic heterocycles. The van der Waals surface area contributed by atoms with Crippen molar-refractivity contribution in [3.8, 4) is 11.5 Å². The van der Waals surface area contributed by atoms with Gasteiger partial charge >= 0.3 is 6.18 Å². The normalized spacial score (nSPS) is 15.8. The number of hydrogen-bond donors (Lipinski definition) is 0. The maximum absolute atomic E-state index is 12.9. The highest BCUT2D eigenvalue weighted by Gasteiger charge is 2.37. The number of anilines is 1. The van der Waals surface area contributed by atoms with Crippen molar-refractivity contribution in [1.82, 2.24) is 9.46 Å². The van der Waals surface area contributed by atoms with E-state index in [1.165, 1.54) is 23.4 Å². The van der Waals surface area contributed by atoms with E-state index in [4.69, 9.17) is 4.42 Å². The summed E-state index contributed by atoms with van der Waals surface area (Å²) in [6, 6.07) is 10.1. The molecule has 170 valence electrons. The fourth-order valence-corrected chi connectivity index (χ4v) is 4.68. The number of aromatic nitrogens is 1. The van der Waals surface area contributed by atoms with Crippen LogP contribution in [0.1, 0.15) is 23.0 Å². The lowest BCUT2D eigenvalue weighted by Gasteiger charge is -2.34. The first-order chi connectivity index (χ1) is 15.1. The molecule has 8 nitrogen and oxygen atoms in total. The van der Waals surface area contributed by atoms with Gasteiger partial charge in [0.05, 0.1) is 0 Å². The Morgan fingerprint density at radius 3 is 2.25 bits per heavy atom. The van der Waals surface area contributed by atoms with Crippen molar-refractivity contribution in [2.24, 2.45) is 0 Å². The van der Waals surface area contributed by atoms with Gasteiger partial charge in [0.1, 0.15) is 5.69 Å². The van der Waals surface area contributed by atoms with Crippen molar-refractivity contribution in [3.05, 3.63) is 53.8 Å². The van der Waals surface area contributed by atoms with Crippen LogP contribution in [0.5, 0.6) is 0 Å². The zero-order valence-corrected chi connectivity index (χ0v) is 17.6. The fourth-order valence-electron chi connectivity index (χ4n) is 3.34. The van der Waals surface area contributed by atoms with E-state index in [1.807, 2.05) is 17.0 Å². The molecule has 0 bridgehead atoms. The predicted octanol–water partition coefficient (Wildman–Crippen LogP) is 3.67. The predicted molar refractivity (Wildman–Crippen MR) is 107 cm³/mol. The summed E-state index contributed by atoms with van der Waals surface area (Å²) in [5, 5.41) is 2.91. The van der Waals surface area contributed by atoms with Crippen LogP contribution in [0, 0.1) is 0 Å². The van der Waals surface area contributed by atoms with Crippen molar-refractivity contribution >= 4 is 21.5 Å². The molecule has 1 aliphatic rings. The molecule has 1 saturated heterocycles. The van der Waals surface area contributed by atoms with Crippen molar-refractivity contribution < 1.29 is 35.3 Å². The largest absolute Gasteiger partial charge is 0.452 e. The molecule has 0 N–H and O–H groups in total. The standard InChI is InChI=1S/C20H18F3N3O5S/c1-13(27)14-2-4-15(5-3-14)25-8-10-26(11-9-25)32(28,29)19-7-6-17(30-19)16-12-18(31-24-16)20(21,22)23/h2-7,12H,8-11H2,1H3. The zero-order valence-electron chi connectivity index (χ0n) is 16.8. The third kappa shape index (κ3) is 4.28. The molecular weight excluding hydrogens is 451 g/mol. The van der Waals surface area contributed by atoms with Gasteiger partial charge < -0.3 is 13.8 Å². The number of ketones is 1. The number of furan rings is 1. The Labute approximate surface area is 181 Å². The lowest BCUT2D eigenvalue weighted by Crippen LogP contribution is -2.48. The summed E-state index contributed by atoms with van der Waals surface area (Å²) >= 11 is 0. The zero-order chi connectivity index (χ0) is 23.1. The van der Waals surface area contributed by atoms with E-state index >= 15 is 0 Å². The molecule has 12 heteroatoms. The van der Waals surface area contributed by atoms with Crippen LogP contribution in [-0.2, 0) is 16.2 Å². The molecule has 32 heavy (non-hydrogen) atoms. The lowest BCUT2D eigenvalue weighted by atomic mass is 10.1. The maximum Gasteiger partial charge on any atom is 0.452 e. The van der Waals surface area contributed by atoms with Gasteiger partial charge in [-0.1, -0.05) is 5.16 Å². The number of piperazine rings is 1. The Morgan fingerprint density at radius 2 is 1.69 bits per heavy atom. The van der Waals surface area contributed by atoms with Crippen LogP contribution in [0.15, 0.2) is 56.5 Å². The van der Waals surface area contributed by atoms with Gasteiger partial charge in [0.2, 0.25) is 10.9 Å². The van der Waals surface area contributed by atoms with Gasteiger partial charge in [-0.15, -0.1) is 0 Å². The Hall–Kier alpha value is -3.12. The molecule has 4 rings (SSSR count). The third-order valence-corrected chi connectivity index (χ3v) is 6.87. The van der Waals surface area contributed by atoms with E-state index in [9.17, 15) is 26.4 Å². The fraction of sp³-hybridized carbons (Fsp3) is 0.300. The number of rotatable bonds is 5. The second kappa shape index (κ2) is 8.10. The summed E-state index contributed by atoms with van der Waals surface area (Å²) in [7, 11) is -3.98. The monoisotopic (exact) mass is 469 g/mol. The first kappa shape index (κ1) is 22.1. The van der Waals surface area contributed by atoms with Gasteiger partial charge in [-0.25, -0.2) is 8.42 Å². The van der Waals surface area contributed by atoms with Gasteiger partial charge in [-0.3, -0.25) is 4.79 Å². The Morgan fingerprint density at radius 1 is 1.03 bits per heavy atom. The topological polar surface area (TPSA) is 96.9 Å².